The Morgan fingerprint density at radius 2 is 1.07 bits per heavy atom. The third-order valence-electron chi connectivity index (χ3n) is 6.66. The molecule has 44 heavy (non-hydrogen) atoms. The first-order valence-corrected chi connectivity index (χ1v) is 26.6. The molecule has 0 bridgehead atoms. The molecule has 0 spiro atoms. The van der Waals surface area contributed by atoms with Crippen LogP contribution in [-0.2, 0) is 41.2 Å². The van der Waals surface area contributed by atoms with Gasteiger partial charge in [0.2, 0.25) is 5.91 Å². The van der Waals surface area contributed by atoms with Gasteiger partial charge in [0, 0.05) is 26.5 Å². The van der Waals surface area contributed by atoms with Gasteiger partial charge in [-0.15, -0.1) is 45.7 Å². The van der Waals surface area contributed by atoms with Crippen LogP contribution in [0.25, 0.3) is 0 Å². The minimum absolute atomic E-state index is 0.129. The van der Waals surface area contributed by atoms with Crippen molar-refractivity contribution in [2.24, 2.45) is 0 Å². The number of rotatable bonds is 18. The summed E-state index contributed by atoms with van der Waals surface area (Å²) >= 11 is 25.5. The Bertz CT molecular complexity index is 1450. The average Bonchev–Trinajstić information content (AvgIpc) is 3.06. The quantitative estimate of drug-likeness (QED) is 0.0615. The molecule has 0 saturated heterocycles. The second kappa shape index (κ2) is 20.5. The number of halogens is 1. The van der Waals surface area contributed by atoms with E-state index in [0.717, 1.165) is 18.6 Å². The van der Waals surface area contributed by atoms with Crippen LogP contribution in [0.4, 0.5) is 0 Å². The van der Waals surface area contributed by atoms with Crippen molar-refractivity contribution in [1.82, 2.24) is 5.32 Å². The number of alkyl halides is 1. The molecule has 0 saturated carbocycles. The van der Waals surface area contributed by atoms with Crippen LogP contribution >= 0.6 is 67.3 Å². The van der Waals surface area contributed by atoms with Crippen LogP contribution in [0.1, 0.15) is 39.2 Å². The molecular formula is C33H36ClNOP2S6. The van der Waals surface area contributed by atoms with Crippen LogP contribution in [0, 0.1) is 0 Å². The lowest BCUT2D eigenvalue weighted by Crippen LogP contribution is -2.31. The van der Waals surface area contributed by atoms with Gasteiger partial charge in [-0.3, -0.25) is 4.79 Å². The molecule has 5 atom stereocenters. The Morgan fingerprint density at radius 1 is 0.659 bits per heavy atom. The first kappa shape index (κ1) is 36.2. The molecule has 4 aromatic carbocycles. The molecular weight excluding hydrogens is 716 g/mol. The van der Waals surface area contributed by atoms with Gasteiger partial charge in [0.1, 0.15) is 5.38 Å². The monoisotopic (exact) mass is 751 g/mol. The third-order valence-corrected chi connectivity index (χ3v) is 23.1. The number of hydrogen-bond donors (Lipinski definition) is 1. The van der Waals surface area contributed by atoms with Gasteiger partial charge in [-0.05, 0) is 41.5 Å². The zero-order chi connectivity index (χ0) is 31.0. The molecule has 1 amide bonds. The highest BCUT2D eigenvalue weighted by molar-refractivity contribution is 8.94. The van der Waals surface area contributed by atoms with Crippen molar-refractivity contribution in [3.05, 3.63) is 144 Å². The summed E-state index contributed by atoms with van der Waals surface area (Å²) in [7, 11) is 0. The van der Waals surface area contributed by atoms with E-state index in [9.17, 15) is 4.79 Å². The largest absolute Gasteiger partial charge is 0.345 e. The molecule has 0 radical (unpaired) electrons. The van der Waals surface area contributed by atoms with E-state index in [0.29, 0.717) is 17.5 Å². The predicted molar refractivity (Wildman–Crippen MR) is 213 cm³/mol. The molecule has 4 aromatic rings. The van der Waals surface area contributed by atoms with Gasteiger partial charge < -0.3 is 5.32 Å². The highest BCUT2D eigenvalue weighted by Crippen LogP contribution is 2.58. The number of amides is 1. The second-order valence-corrected chi connectivity index (χ2v) is 29.4. The lowest BCUT2D eigenvalue weighted by molar-refractivity contribution is -0.120. The highest BCUT2D eigenvalue weighted by atomic mass is 35.5. The SMILES string of the molecule is O=C(NCS[PH](=S)SC(Cc1ccccc1)c1ccccc1)C(Cl)CCS[PH](=S)SC(Cc1ccccc1)c1ccccc1. The molecule has 5 unspecified atom stereocenters. The van der Waals surface area contributed by atoms with E-state index >= 15 is 0 Å². The predicted octanol–water partition coefficient (Wildman–Crippen LogP) is 11.0. The van der Waals surface area contributed by atoms with E-state index in [2.05, 4.69) is 108 Å². The van der Waals surface area contributed by atoms with E-state index in [4.69, 9.17) is 35.2 Å². The first-order valence-electron chi connectivity index (χ1n) is 14.2. The topological polar surface area (TPSA) is 29.1 Å². The molecule has 0 aliphatic heterocycles. The molecule has 0 aliphatic rings. The summed E-state index contributed by atoms with van der Waals surface area (Å²) in [4.78, 5) is 12.7. The fourth-order valence-corrected chi connectivity index (χ4v) is 19.8. The zero-order valence-corrected chi connectivity index (χ0v) is 31.7. The number of hydrogen-bond acceptors (Lipinski definition) is 7. The Kier molecular flexibility index (Phi) is 16.9. The van der Waals surface area contributed by atoms with Crippen molar-refractivity contribution in [3.63, 3.8) is 0 Å². The normalized spacial score (nSPS) is 14.7. The highest BCUT2D eigenvalue weighted by Gasteiger charge is 2.19. The summed E-state index contributed by atoms with van der Waals surface area (Å²) in [6.45, 7) is 0. The van der Waals surface area contributed by atoms with Crippen molar-refractivity contribution in [1.29, 1.82) is 0 Å². The van der Waals surface area contributed by atoms with Gasteiger partial charge in [-0.25, -0.2) is 0 Å². The maximum Gasteiger partial charge on any atom is 0.238 e. The van der Waals surface area contributed by atoms with Gasteiger partial charge in [0.25, 0.3) is 0 Å². The molecule has 0 fully saturated rings. The van der Waals surface area contributed by atoms with E-state index in [-0.39, 0.29) is 11.2 Å². The van der Waals surface area contributed by atoms with Crippen molar-refractivity contribution >= 4 is 96.9 Å². The summed E-state index contributed by atoms with van der Waals surface area (Å²) in [6.07, 6.45) is 2.47. The Morgan fingerprint density at radius 3 is 1.52 bits per heavy atom. The molecule has 11 heteroatoms. The van der Waals surface area contributed by atoms with Crippen LogP contribution in [0.15, 0.2) is 121 Å². The Balaban J connectivity index is 1.18. The van der Waals surface area contributed by atoms with E-state index in [1.165, 1.54) is 22.3 Å². The minimum Gasteiger partial charge on any atom is -0.345 e. The average molecular weight is 752 g/mol. The van der Waals surface area contributed by atoms with Crippen LogP contribution in [0.2, 0.25) is 0 Å². The van der Waals surface area contributed by atoms with Crippen molar-refractivity contribution < 1.29 is 4.79 Å². The molecule has 0 aliphatic carbocycles. The van der Waals surface area contributed by atoms with Crippen molar-refractivity contribution in [2.75, 3.05) is 11.6 Å². The van der Waals surface area contributed by atoms with E-state index in [1.807, 2.05) is 41.0 Å². The van der Waals surface area contributed by atoms with Crippen LogP contribution in [0.3, 0.4) is 0 Å². The van der Waals surface area contributed by atoms with Gasteiger partial charge in [-0.2, -0.15) is 0 Å². The van der Waals surface area contributed by atoms with E-state index < -0.39 is 15.6 Å². The fraction of sp³-hybridized carbons (Fsp3) is 0.242. The second-order valence-electron chi connectivity index (χ2n) is 9.85. The number of benzene rings is 4. The number of carbonyl (C=O) groups is 1. The summed E-state index contributed by atoms with van der Waals surface area (Å²) in [5, 5.41) is 0.655. The third kappa shape index (κ3) is 13.2. The van der Waals surface area contributed by atoms with Gasteiger partial charge >= 0.3 is 0 Å². The number of nitrogens with one attached hydrogen (secondary N) is 1. The van der Waals surface area contributed by atoms with Crippen molar-refractivity contribution in [3.8, 4) is 0 Å². The van der Waals surface area contributed by atoms with Gasteiger partial charge in [-0.1, -0.05) is 156 Å². The maximum absolute atomic E-state index is 12.7. The minimum atomic E-state index is -1.22. The Hall–Kier alpha value is -0.660. The van der Waals surface area contributed by atoms with Gasteiger partial charge in [0.05, 0.1) is 5.88 Å². The maximum atomic E-state index is 12.7. The van der Waals surface area contributed by atoms with Crippen molar-refractivity contribution in [2.45, 2.75) is 35.1 Å². The van der Waals surface area contributed by atoms with Crippen LogP contribution in [-0.4, -0.2) is 22.9 Å². The zero-order valence-electron chi connectivity index (χ0n) is 24.1. The lowest BCUT2D eigenvalue weighted by Gasteiger charge is -2.19. The number of carbonyl (C=O) groups excluding carboxylic acids is 1. The molecule has 4 rings (SSSR count). The van der Waals surface area contributed by atoms with Crippen LogP contribution in [0.5, 0.6) is 0 Å². The molecule has 0 heterocycles. The van der Waals surface area contributed by atoms with E-state index in [1.54, 1.807) is 22.8 Å². The molecule has 0 aromatic heterocycles. The van der Waals surface area contributed by atoms with Gasteiger partial charge in [0.15, 0.2) is 0 Å². The smallest absolute Gasteiger partial charge is 0.238 e. The summed E-state index contributed by atoms with van der Waals surface area (Å²) < 4.78 is 0. The lowest BCUT2D eigenvalue weighted by atomic mass is 10.0. The molecule has 1 N–H and O–H groups in total. The van der Waals surface area contributed by atoms with Crippen LogP contribution < -0.4 is 5.32 Å². The fourth-order valence-electron chi connectivity index (χ4n) is 4.40. The summed E-state index contributed by atoms with van der Waals surface area (Å²) in [6, 6.07) is 42.3. The standard InChI is InChI=1S/C33H36ClNOP2S6/c34-30(21-22-41-37(39)43-31(28-17-9-3-10-18-28)23-26-13-5-1-6-14-26)33(36)35-25-42-38(40)44-32(29-19-11-4-12-20-29)24-27-15-7-2-8-16-27/h1-20,30-32,37-38H,21-25H2,(H,35,36). The Labute approximate surface area is 294 Å². The summed E-state index contributed by atoms with van der Waals surface area (Å²) in [5.74, 6) is 1.13. The molecule has 2 nitrogen and oxygen atoms in total. The first-order chi connectivity index (χ1) is 21.5. The molecule has 232 valence electrons. The summed E-state index contributed by atoms with van der Waals surface area (Å²) in [5.41, 5.74) is 5.20.